The SMILES string of the molecule is CCCNC(c1cc(Cl)ccc1OC)C1CCCC1(C)C. The predicted octanol–water partition coefficient (Wildman–Crippen LogP) is 5.22. The second kappa shape index (κ2) is 7.02. The van der Waals surface area contributed by atoms with E-state index in [1.54, 1.807) is 7.11 Å². The zero-order valence-corrected chi connectivity index (χ0v) is 14.5. The second-order valence-electron chi connectivity index (χ2n) is 6.81. The third kappa shape index (κ3) is 3.73. The normalized spacial score (nSPS) is 22.2. The smallest absolute Gasteiger partial charge is 0.123 e. The molecule has 0 bridgehead atoms. The summed E-state index contributed by atoms with van der Waals surface area (Å²) in [5.74, 6) is 1.56. The lowest BCUT2D eigenvalue weighted by Crippen LogP contribution is -2.34. The quantitative estimate of drug-likeness (QED) is 0.778. The molecule has 1 aromatic carbocycles. The molecule has 0 saturated heterocycles. The molecule has 0 amide bonds. The highest BCUT2D eigenvalue weighted by atomic mass is 35.5. The standard InChI is InChI=1S/C18H28ClNO/c1-5-11-20-17(15-7-6-10-18(15,2)3)14-12-13(19)8-9-16(14)21-4/h8-9,12,15,17,20H,5-7,10-11H2,1-4H3. The molecule has 1 saturated carbocycles. The van der Waals surface area contributed by atoms with E-state index < -0.39 is 0 Å². The molecule has 1 aliphatic rings. The number of ether oxygens (including phenoxy) is 1. The molecule has 21 heavy (non-hydrogen) atoms. The van der Waals surface area contributed by atoms with Crippen molar-refractivity contribution in [1.29, 1.82) is 0 Å². The van der Waals surface area contributed by atoms with E-state index in [0.29, 0.717) is 17.4 Å². The average Bonchev–Trinajstić information content (AvgIpc) is 2.79. The van der Waals surface area contributed by atoms with Crippen LogP contribution in [-0.4, -0.2) is 13.7 Å². The number of methoxy groups -OCH3 is 1. The van der Waals surface area contributed by atoms with Gasteiger partial charge in [-0.1, -0.05) is 38.8 Å². The van der Waals surface area contributed by atoms with Gasteiger partial charge in [-0.25, -0.2) is 0 Å². The summed E-state index contributed by atoms with van der Waals surface area (Å²) >= 11 is 6.25. The fraction of sp³-hybridized carbons (Fsp3) is 0.667. The number of hydrogen-bond donors (Lipinski definition) is 1. The third-order valence-electron chi connectivity index (χ3n) is 4.88. The van der Waals surface area contributed by atoms with Gasteiger partial charge in [0.25, 0.3) is 0 Å². The molecule has 2 rings (SSSR count). The molecule has 0 heterocycles. The summed E-state index contributed by atoms with van der Waals surface area (Å²) in [5, 5.41) is 4.53. The molecular formula is C18H28ClNO. The van der Waals surface area contributed by atoms with Crippen molar-refractivity contribution in [3.8, 4) is 5.75 Å². The number of halogens is 1. The first kappa shape index (κ1) is 16.6. The average molecular weight is 310 g/mol. The van der Waals surface area contributed by atoms with Gasteiger partial charge in [0.2, 0.25) is 0 Å². The zero-order valence-electron chi connectivity index (χ0n) is 13.7. The lowest BCUT2D eigenvalue weighted by Gasteiger charge is -2.36. The van der Waals surface area contributed by atoms with Crippen LogP contribution in [0, 0.1) is 11.3 Å². The Kier molecular flexibility index (Phi) is 5.56. The van der Waals surface area contributed by atoms with Gasteiger partial charge in [0.15, 0.2) is 0 Å². The maximum Gasteiger partial charge on any atom is 0.123 e. The Balaban J connectivity index is 2.38. The van der Waals surface area contributed by atoms with E-state index in [0.717, 1.165) is 23.7 Å². The Hall–Kier alpha value is -0.730. The van der Waals surface area contributed by atoms with E-state index >= 15 is 0 Å². The van der Waals surface area contributed by atoms with Crippen LogP contribution in [0.2, 0.25) is 5.02 Å². The molecule has 2 unspecified atom stereocenters. The van der Waals surface area contributed by atoms with Crippen molar-refractivity contribution < 1.29 is 4.74 Å². The van der Waals surface area contributed by atoms with Crippen molar-refractivity contribution in [3.05, 3.63) is 28.8 Å². The molecular weight excluding hydrogens is 282 g/mol. The fourth-order valence-electron chi connectivity index (χ4n) is 3.69. The fourth-order valence-corrected chi connectivity index (χ4v) is 3.87. The molecule has 2 atom stereocenters. The minimum Gasteiger partial charge on any atom is -0.496 e. The van der Waals surface area contributed by atoms with Gasteiger partial charge in [-0.2, -0.15) is 0 Å². The Morgan fingerprint density at radius 3 is 2.76 bits per heavy atom. The minimum atomic E-state index is 0.316. The molecule has 1 aromatic rings. The van der Waals surface area contributed by atoms with Gasteiger partial charge in [0.05, 0.1) is 7.11 Å². The Morgan fingerprint density at radius 2 is 2.19 bits per heavy atom. The van der Waals surface area contributed by atoms with Crippen LogP contribution in [0.1, 0.15) is 58.1 Å². The minimum absolute atomic E-state index is 0.316. The predicted molar refractivity (Wildman–Crippen MR) is 90.2 cm³/mol. The van der Waals surface area contributed by atoms with Gasteiger partial charge >= 0.3 is 0 Å². The lowest BCUT2D eigenvalue weighted by atomic mass is 9.75. The highest BCUT2D eigenvalue weighted by Gasteiger charge is 2.40. The van der Waals surface area contributed by atoms with E-state index in [1.165, 1.54) is 24.8 Å². The van der Waals surface area contributed by atoms with Crippen molar-refractivity contribution >= 4 is 11.6 Å². The molecule has 0 radical (unpaired) electrons. The van der Waals surface area contributed by atoms with Crippen molar-refractivity contribution in [2.24, 2.45) is 11.3 Å². The van der Waals surface area contributed by atoms with Crippen molar-refractivity contribution in [3.63, 3.8) is 0 Å². The second-order valence-corrected chi connectivity index (χ2v) is 7.24. The van der Waals surface area contributed by atoms with Crippen LogP contribution in [0.25, 0.3) is 0 Å². The van der Waals surface area contributed by atoms with E-state index in [4.69, 9.17) is 16.3 Å². The van der Waals surface area contributed by atoms with Gasteiger partial charge in [-0.05, 0) is 55.3 Å². The van der Waals surface area contributed by atoms with E-state index in [9.17, 15) is 0 Å². The van der Waals surface area contributed by atoms with Crippen LogP contribution in [-0.2, 0) is 0 Å². The summed E-state index contributed by atoms with van der Waals surface area (Å²) in [6, 6.07) is 6.28. The largest absolute Gasteiger partial charge is 0.496 e. The summed E-state index contributed by atoms with van der Waals surface area (Å²) in [7, 11) is 1.74. The topological polar surface area (TPSA) is 21.3 Å². The van der Waals surface area contributed by atoms with Crippen molar-refractivity contribution in [2.45, 2.75) is 52.5 Å². The Labute approximate surface area is 134 Å². The number of rotatable bonds is 6. The molecule has 1 fully saturated rings. The summed E-state index contributed by atoms with van der Waals surface area (Å²) in [6.45, 7) is 8.01. The van der Waals surface area contributed by atoms with Crippen LogP contribution >= 0.6 is 11.6 Å². The maximum absolute atomic E-state index is 6.25. The van der Waals surface area contributed by atoms with Crippen LogP contribution in [0.3, 0.4) is 0 Å². The number of hydrogen-bond acceptors (Lipinski definition) is 2. The van der Waals surface area contributed by atoms with Gasteiger partial charge in [0, 0.05) is 16.6 Å². The first-order chi connectivity index (χ1) is 9.99. The van der Waals surface area contributed by atoms with E-state index in [-0.39, 0.29) is 0 Å². The molecule has 0 aliphatic heterocycles. The molecule has 2 nitrogen and oxygen atoms in total. The molecule has 1 aliphatic carbocycles. The van der Waals surface area contributed by atoms with Crippen molar-refractivity contribution in [1.82, 2.24) is 5.32 Å². The maximum atomic E-state index is 6.25. The highest BCUT2D eigenvalue weighted by Crippen LogP contribution is 2.50. The summed E-state index contributed by atoms with van der Waals surface area (Å²) in [4.78, 5) is 0. The molecule has 0 aromatic heterocycles. The summed E-state index contributed by atoms with van der Waals surface area (Å²) < 4.78 is 5.59. The summed E-state index contributed by atoms with van der Waals surface area (Å²) in [6.07, 6.45) is 5.01. The van der Waals surface area contributed by atoms with Crippen LogP contribution < -0.4 is 10.1 Å². The number of benzene rings is 1. The Morgan fingerprint density at radius 1 is 1.43 bits per heavy atom. The number of nitrogens with one attached hydrogen (secondary N) is 1. The molecule has 1 N–H and O–H groups in total. The van der Waals surface area contributed by atoms with Crippen LogP contribution in [0.5, 0.6) is 5.75 Å². The Bertz CT molecular complexity index is 472. The van der Waals surface area contributed by atoms with Gasteiger partial charge in [-0.3, -0.25) is 0 Å². The monoisotopic (exact) mass is 309 g/mol. The van der Waals surface area contributed by atoms with Gasteiger partial charge in [-0.15, -0.1) is 0 Å². The first-order valence-corrected chi connectivity index (χ1v) is 8.44. The molecule has 118 valence electrons. The lowest BCUT2D eigenvalue weighted by molar-refractivity contribution is 0.195. The van der Waals surface area contributed by atoms with Gasteiger partial charge < -0.3 is 10.1 Å². The van der Waals surface area contributed by atoms with Gasteiger partial charge in [0.1, 0.15) is 5.75 Å². The van der Waals surface area contributed by atoms with Crippen molar-refractivity contribution in [2.75, 3.05) is 13.7 Å². The highest BCUT2D eigenvalue weighted by molar-refractivity contribution is 6.30. The summed E-state index contributed by atoms with van der Waals surface area (Å²) in [5.41, 5.74) is 1.57. The zero-order chi connectivity index (χ0) is 15.5. The van der Waals surface area contributed by atoms with E-state index in [2.05, 4.69) is 32.2 Å². The first-order valence-electron chi connectivity index (χ1n) is 8.06. The molecule has 0 spiro atoms. The third-order valence-corrected chi connectivity index (χ3v) is 5.12. The van der Waals surface area contributed by atoms with Crippen LogP contribution in [0.15, 0.2) is 18.2 Å². The van der Waals surface area contributed by atoms with E-state index in [1.807, 2.05) is 12.1 Å². The van der Waals surface area contributed by atoms with Crippen LogP contribution in [0.4, 0.5) is 0 Å². The molecule has 3 heteroatoms.